The Balaban J connectivity index is 1.96. The van der Waals surface area contributed by atoms with Crippen LogP contribution in [0.15, 0.2) is 18.2 Å². The van der Waals surface area contributed by atoms with Crippen molar-refractivity contribution in [2.45, 2.75) is 31.3 Å². The number of hydrogen-bond acceptors (Lipinski definition) is 3. The Morgan fingerprint density at radius 2 is 2.28 bits per heavy atom. The molecule has 1 fully saturated rings. The van der Waals surface area contributed by atoms with E-state index >= 15 is 0 Å². The van der Waals surface area contributed by atoms with E-state index in [1.54, 1.807) is 7.11 Å². The SMILES string of the molecule is COC1(CC(=O)Nc2ccc(O)c(F)c2)CCC1. The molecular weight excluding hydrogens is 237 g/mol. The number of phenolic OH excluding ortho intramolecular Hbond substituents is 1. The van der Waals surface area contributed by atoms with Gasteiger partial charge in [0, 0.05) is 18.9 Å². The maximum atomic E-state index is 13.1. The van der Waals surface area contributed by atoms with Gasteiger partial charge in [0.25, 0.3) is 0 Å². The summed E-state index contributed by atoms with van der Waals surface area (Å²) in [7, 11) is 1.60. The van der Waals surface area contributed by atoms with E-state index in [0.717, 1.165) is 25.3 Å². The Labute approximate surface area is 105 Å². The third kappa shape index (κ3) is 2.61. The Kier molecular flexibility index (Phi) is 3.52. The molecule has 0 spiro atoms. The van der Waals surface area contributed by atoms with Gasteiger partial charge in [-0.05, 0) is 31.4 Å². The van der Waals surface area contributed by atoms with Gasteiger partial charge in [0.2, 0.25) is 5.91 Å². The number of carbonyl (C=O) groups is 1. The fourth-order valence-electron chi connectivity index (χ4n) is 2.11. The first-order valence-corrected chi connectivity index (χ1v) is 5.88. The molecular formula is C13H16FNO3. The van der Waals surface area contributed by atoms with Crippen LogP contribution in [-0.2, 0) is 9.53 Å². The average molecular weight is 253 g/mol. The van der Waals surface area contributed by atoms with Gasteiger partial charge in [-0.2, -0.15) is 0 Å². The molecule has 0 unspecified atom stereocenters. The van der Waals surface area contributed by atoms with Crippen molar-refractivity contribution in [2.75, 3.05) is 12.4 Å². The molecule has 1 aromatic carbocycles. The number of carbonyl (C=O) groups excluding carboxylic acids is 1. The van der Waals surface area contributed by atoms with Crippen molar-refractivity contribution >= 4 is 11.6 Å². The molecule has 0 saturated heterocycles. The number of amides is 1. The van der Waals surface area contributed by atoms with E-state index in [2.05, 4.69) is 5.32 Å². The third-order valence-electron chi connectivity index (χ3n) is 3.41. The van der Waals surface area contributed by atoms with E-state index in [0.29, 0.717) is 5.69 Å². The second kappa shape index (κ2) is 4.94. The van der Waals surface area contributed by atoms with Crippen LogP contribution in [0.2, 0.25) is 0 Å². The van der Waals surface area contributed by atoms with Gasteiger partial charge in [-0.1, -0.05) is 0 Å². The molecule has 0 bridgehead atoms. The molecule has 18 heavy (non-hydrogen) atoms. The van der Waals surface area contributed by atoms with Gasteiger partial charge in [0.1, 0.15) is 0 Å². The number of ether oxygens (including phenoxy) is 1. The molecule has 1 saturated carbocycles. The zero-order valence-corrected chi connectivity index (χ0v) is 10.2. The number of rotatable bonds is 4. The molecule has 0 radical (unpaired) electrons. The maximum Gasteiger partial charge on any atom is 0.227 e. The lowest BCUT2D eigenvalue weighted by Gasteiger charge is -2.39. The lowest BCUT2D eigenvalue weighted by atomic mass is 9.77. The number of hydrogen-bond donors (Lipinski definition) is 2. The molecule has 2 N–H and O–H groups in total. The van der Waals surface area contributed by atoms with E-state index in [4.69, 9.17) is 9.84 Å². The molecule has 1 aliphatic rings. The van der Waals surface area contributed by atoms with E-state index in [9.17, 15) is 9.18 Å². The number of aromatic hydroxyl groups is 1. The van der Waals surface area contributed by atoms with Gasteiger partial charge in [0.15, 0.2) is 11.6 Å². The van der Waals surface area contributed by atoms with E-state index in [-0.39, 0.29) is 17.9 Å². The molecule has 4 nitrogen and oxygen atoms in total. The first-order chi connectivity index (χ1) is 8.54. The summed E-state index contributed by atoms with van der Waals surface area (Å²) in [5, 5.41) is 11.6. The molecule has 2 rings (SSSR count). The molecule has 0 heterocycles. The van der Waals surface area contributed by atoms with Gasteiger partial charge in [0.05, 0.1) is 12.0 Å². The number of halogens is 1. The normalized spacial score (nSPS) is 17.0. The predicted molar refractivity (Wildman–Crippen MR) is 64.9 cm³/mol. The van der Waals surface area contributed by atoms with Crippen molar-refractivity contribution in [1.29, 1.82) is 0 Å². The van der Waals surface area contributed by atoms with Crippen LogP contribution in [-0.4, -0.2) is 23.7 Å². The Bertz CT molecular complexity index is 452. The molecule has 1 aromatic rings. The Morgan fingerprint density at radius 1 is 1.56 bits per heavy atom. The van der Waals surface area contributed by atoms with Crippen molar-refractivity contribution in [3.8, 4) is 5.75 Å². The summed E-state index contributed by atoms with van der Waals surface area (Å²) in [4.78, 5) is 11.8. The minimum absolute atomic E-state index is 0.207. The smallest absolute Gasteiger partial charge is 0.227 e. The van der Waals surface area contributed by atoms with Crippen LogP contribution in [0.3, 0.4) is 0 Å². The topological polar surface area (TPSA) is 58.6 Å². The number of anilines is 1. The Morgan fingerprint density at radius 3 is 2.78 bits per heavy atom. The average Bonchev–Trinajstić information content (AvgIpc) is 2.29. The minimum Gasteiger partial charge on any atom is -0.505 e. The summed E-state index contributed by atoms with van der Waals surface area (Å²) in [5.41, 5.74) is -0.0135. The molecule has 0 atom stereocenters. The monoisotopic (exact) mass is 253 g/mol. The fourth-order valence-corrected chi connectivity index (χ4v) is 2.11. The van der Waals surface area contributed by atoms with Crippen LogP contribution >= 0.6 is 0 Å². The summed E-state index contributed by atoms with van der Waals surface area (Å²) in [6.45, 7) is 0. The lowest BCUT2D eigenvalue weighted by molar-refractivity contribution is -0.129. The Hall–Kier alpha value is -1.62. The first kappa shape index (κ1) is 12.8. The van der Waals surface area contributed by atoms with Gasteiger partial charge < -0.3 is 15.2 Å². The van der Waals surface area contributed by atoms with Crippen LogP contribution < -0.4 is 5.32 Å². The van der Waals surface area contributed by atoms with Gasteiger partial charge in [-0.3, -0.25) is 4.79 Å². The zero-order valence-electron chi connectivity index (χ0n) is 10.2. The van der Waals surface area contributed by atoms with E-state index < -0.39 is 11.6 Å². The summed E-state index contributed by atoms with van der Waals surface area (Å²) >= 11 is 0. The highest BCUT2D eigenvalue weighted by Gasteiger charge is 2.38. The zero-order chi connectivity index (χ0) is 13.2. The van der Waals surface area contributed by atoms with Gasteiger partial charge >= 0.3 is 0 Å². The van der Waals surface area contributed by atoms with Crippen LogP contribution in [0.4, 0.5) is 10.1 Å². The molecule has 98 valence electrons. The molecule has 0 aromatic heterocycles. The fraction of sp³-hybridized carbons (Fsp3) is 0.462. The highest BCUT2D eigenvalue weighted by Crippen LogP contribution is 2.38. The third-order valence-corrected chi connectivity index (χ3v) is 3.41. The first-order valence-electron chi connectivity index (χ1n) is 5.88. The maximum absolute atomic E-state index is 13.1. The van der Waals surface area contributed by atoms with Crippen molar-refractivity contribution in [2.24, 2.45) is 0 Å². The summed E-state index contributed by atoms with van der Waals surface area (Å²) in [6, 6.07) is 3.75. The van der Waals surface area contributed by atoms with Gasteiger partial charge in [-0.15, -0.1) is 0 Å². The quantitative estimate of drug-likeness (QED) is 0.810. The van der Waals surface area contributed by atoms with Gasteiger partial charge in [-0.25, -0.2) is 4.39 Å². The van der Waals surface area contributed by atoms with Crippen molar-refractivity contribution in [1.82, 2.24) is 0 Å². The second-order valence-electron chi connectivity index (χ2n) is 4.63. The highest BCUT2D eigenvalue weighted by molar-refractivity contribution is 5.91. The van der Waals surface area contributed by atoms with Crippen LogP contribution in [0.5, 0.6) is 5.75 Å². The number of nitrogens with one attached hydrogen (secondary N) is 1. The van der Waals surface area contributed by atoms with Crippen LogP contribution in [0, 0.1) is 5.82 Å². The van der Waals surface area contributed by atoms with Crippen LogP contribution in [0.1, 0.15) is 25.7 Å². The van der Waals surface area contributed by atoms with Crippen molar-refractivity contribution in [3.05, 3.63) is 24.0 Å². The minimum atomic E-state index is -0.752. The summed E-state index contributed by atoms with van der Waals surface area (Å²) in [6.07, 6.45) is 3.09. The lowest BCUT2D eigenvalue weighted by Crippen LogP contribution is -2.42. The molecule has 1 aliphatic carbocycles. The number of methoxy groups -OCH3 is 1. The number of phenols is 1. The van der Waals surface area contributed by atoms with E-state index in [1.807, 2.05) is 0 Å². The molecule has 5 heteroatoms. The highest BCUT2D eigenvalue weighted by atomic mass is 19.1. The predicted octanol–water partition coefficient (Wildman–Crippen LogP) is 2.43. The number of benzene rings is 1. The molecule has 0 aliphatic heterocycles. The standard InChI is InChI=1S/C13H16FNO3/c1-18-13(5-2-6-13)8-12(17)15-9-3-4-11(16)10(14)7-9/h3-4,7,16H,2,5-6,8H2,1H3,(H,15,17). The van der Waals surface area contributed by atoms with E-state index in [1.165, 1.54) is 12.1 Å². The largest absolute Gasteiger partial charge is 0.505 e. The van der Waals surface area contributed by atoms with Crippen LogP contribution in [0.25, 0.3) is 0 Å². The van der Waals surface area contributed by atoms with Crippen molar-refractivity contribution < 1.29 is 19.0 Å². The summed E-state index contributed by atoms with van der Waals surface area (Å²) < 4.78 is 18.4. The van der Waals surface area contributed by atoms with Crippen molar-refractivity contribution in [3.63, 3.8) is 0 Å². The second-order valence-corrected chi connectivity index (χ2v) is 4.63. The molecule has 1 amide bonds. The summed E-state index contributed by atoms with van der Waals surface area (Å²) in [5.74, 6) is -1.39.